The molecule has 0 bridgehead atoms. The molecule has 0 atom stereocenters. The Morgan fingerprint density at radius 1 is 1.22 bits per heavy atom. The summed E-state index contributed by atoms with van der Waals surface area (Å²) in [6, 6.07) is 9.82. The minimum absolute atomic E-state index is 0.118. The van der Waals surface area contributed by atoms with E-state index in [1.54, 1.807) is 25.2 Å². The molecule has 0 saturated heterocycles. The van der Waals surface area contributed by atoms with Crippen molar-refractivity contribution in [3.63, 3.8) is 0 Å². The monoisotopic (exact) mass is 409 g/mol. The summed E-state index contributed by atoms with van der Waals surface area (Å²) in [5, 5.41) is 2.62. The normalized spacial score (nSPS) is 11.5. The van der Waals surface area contributed by atoms with E-state index in [4.69, 9.17) is 0 Å². The molecule has 1 N–H and O–H groups in total. The predicted molar refractivity (Wildman–Crippen MR) is 104 cm³/mol. The van der Waals surface area contributed by atoms with Gasteiger partial charge in [0.05, 0.1) is 22.2 Å². The van der Waals surface area contributed by atoms with Crippen LogP contribution in [0.15, 0.2) is 47.3 Å². The largest absolute Gasteiger partial charge is 0.324 e. The second kappa shape index (κ2) is 7.12. The van der Waals surface area contributed by atoms with Gasteiger partial charge in [-0.2, -0.15) is 0 Å². The summed E-state index contributed by atoms with van der Waals surface area (Å²) < 4.78 is 40.3. The quantitative estimate of drug-likeness (QED) is 0.699. The first-order chi connectivity index (χ1) is 12.6. The zero-order chi connectivity index (χ0) is 19.8. The van der Waals surface area contributed by atoms with E-state index < -0.39 is 28.3 Å². The van der Waals surface area contributed by atoms with Crippen molar-refractivity contribution in [2.75, 3.05) is 22.4 Å². The summed E-state index contributed by atoms with van der Waals surface area (Å²) >= 11 is 1.05. The minimum Gasteiger partial charge on any atom is -0.324 e. The lowest BCUT2D eigenvalue weighted by molar-refractivity contribution is -0.114. The van der Waals surface area contributed by atoms with E-state index in [2.05, 4.69) is 5.32 Å². The Hall–Kier alpha value is -2.72. The van der Waals surface area contributed by atoms with Crippen LogP contribution in [0.4, 0.5) is 15.8 Å². The molecule has 1 heterocycles. The molecule has 2 aromatic carbocycles. The number of halogens is 1. The van der Waals surface area contributed by atoms with E-state index in [0.717, 1.165) is 39.5 Å². The van der Waals surface area contributed by atoms with E-state index >= 15 is 0 Å². The van der Waals surface area contributed by atoms with Gasteiger partial charge in [0.2, 0.25) is 15.9 Å². The molecule has 0 aliphatic heterocycles. The number of fused-ring (bicyclic) bond motifs is 1. The van der Waals surface area contributed by atoms with E-state index in [9.17, 15) is 22.4 Å². The van der Waals surface area contributed by atoms with Gasteiger partial charge in [-0.3, -0.25) is 13.9 Å². The lowest BCUT2D eigenvalue weighted by Crippen LogP contribution is -2.37. The van der Waals surface area contributed by atoms with Crippen molar-refractivity contribution in [1.82, 2.24) is 4.57 Å². The number of nitrogens with one attached hydrogen (secondary N) is 1. The standard InChI is InChI=1S/C17H16FN3O4S2/c1-20-14-8-5-12(9-15(14)26-17(20)23)19-16(22)10-21(27(2,24)25)13-6-3-11(18)4-7-13/h3-9H,10H2,1-2H3,(H,19,22). The SMILES string of the molecule is Cn1c(=O)sc2cc(NC(=O)CN(c3ccc(F)cc3)S(C)(=O)=O)ccc21. The van der Waals surface area contributed by atoms with Crippen LogP contribution in [-0.4, -0.2) is 31.7 Å². The van der Waals surface area contributed by atoms with Gasteiger partial charge in [0.15, 0.2) is 0 Å². The molecule has 7 nitrogen and oxygen atoms in total. The number of amides is 1. The molecule has 0 radical (unpaired) electrons. The van der Waals surface area contributed by atoms with Crippen molar-refractivity contribution in [3.8, 4) is 0 Å². The Morgan fingerprint density at radius 2 is 1.89 bits per heavy atom. The number of aromatic nitrogens is 1. The molecule has 0 aliphatic rings. The molecule has 142 valence electrons. The van der Waals surface area contributed by atoms with Crippen molar-refractivity contribution in [1.29, 1.82) is 0 Å². The number of carbonyl (C=O) groups is 1. The third-order valence-electron chi connectivity index (χ3n) is 3.88. The molecule has 27 heavy (non-hydrogen) atoms. The summed E-state index contributed by atoms with van der Waals surface area (Å²) in [5.41, 5.74) is 1.37. The van der Waals surface area contributed by atoms with Gasteiger partial charge in [-0.1, -0.05) is 11.3 Å². The Balaban J connectivity index is 1.82. The first-order valence-electron chi connectivity index (χ1n) is 7.78. The fourth-order valence-corrected chi connectivity index (χ4v) is 4.33. The number of carbonyl (C=O) groups excluding carboxylic acids is 1. The number of hydrogen-bond donors (Lipinski definition) is 1. The first kappa shape index (κ1) is 19.1. The van der Waals surface area contributed by atoms with Crippen molar-refractivity contribution in [2.45, 2.75) is 0 Å². The highest BCUT2D eigenvalue weighted by Crippen LogP contribution is 2.22. The molecule has 0 unspecified atom stereocenters. The fraction of sp³-hybridized carbons (Fsp3) is 0.176. The molecule has 10 heteroatoms. The van der Waals surface area contributed by atoms with Crippen LogP contribution in [0.3, 0.4) is 0 Å². The Bertz CT molecular complexity index is 1170. The van der Waals surface area contributed by atoms with Gasteiger partial charge in [0, 0.05) is 12.7 Å². The number of aryl methyl sites for hydroxylation is 1. The number of nitrogens with zero attached hydrogens (tertiary/aromatic N) is 2. The molecule has 3 aromatic rings. The molecular formula is C17H16FN3O4S2. The number of anilines is 2. The number of rotatable bonds is 5. The maximum absolute atomic E-state index is 13.1. The van der Waals surface area contributed by atoms with Gasteiger partial charge < -0.3 is 9.88 Å². The van der Waals surface area contributed by atoms with Gasteiger partial charge in [-0.25, -0.2) is 12.8 Å². The predicted octanol–water partition coefficient (Wildman–Crippen LogP) is 2.14. The number of thiazole rings is 1. The van der Waals surface area contributed by atoms with Crippen LogP contribution >= 0.6 is 11.3 Å². The highest BCUT2D eigenvalue weighted by molar-refractivity contribution is 7.92. The summed E-state index contributed by atoms with van der Waals surface area (Å²) in [4.78, 5) is 23.9. The highest BCUT2D eigenvalue weighted by atomic mass is 32.2. The van der Waals surface area contributed by atoms with Crippen LogP contribution < -0.4 is 14.5 Å². The van der Waals surface area contributed by atoms with Gasteiger partial charge in [0.25, 0.3) is 0 Å². The van der Waals surface area contributed by atoms with Crippen LogP contribution in [0.1, 0.15) is 0 Å². The molecular weight excluding hydrogens is 393 g/mol. The summed E-state index contributed by atoms with van der Waals surface area (Å²) in [5.74, 6) is -1.07. The smallest absolute Gasteiger partial charge is 0.307 e. The summed E-state index contributed by atoms with van der Waals surface area (Å²) in [6.07, 6.45) is 0.969. The Morgan fingerprint density at radius 3 is 2.52 bits per heavy atom. The van der Waals surface area contributed by atoms with Crippen LogP contribution in [-0.2, 0) is 21.9 Å². The van der Waals surface area contributed by atoms with Crippen molar-refractivity contribution in [2.24, 2.45) is 7.05 Å². The molecule has 0 spiro atoms. The number of benzene rings is 2. The third-order valence-corrected chi connectivity index (χ3v) is 6.01. The topological polar surface area (TPSA) is 88.5 Å². The van der Waals surface area contributed by atoms with Crippen molar-refractivity contribution in [3.05, 3.63) is 57.9 Å². The molecule has 0 saturated carbocycles. The molecule has 3 rings (SSSR count). The van der Waals surface area contributed by atoms with Crippen LogP contribution in [0.5, 0.6) is 0 Å². The second-order valence-electron chi connectivity index (χ2n) is 5.90. The summed E-state index contributed by atoms with van der Waals surface area (Å²) in [6.45, 7) is -0.465. The average molecular weight is 409 g/mol. The Labute approximate surface area is 158 Å². The van der Waals surface area contributed by atoms with E-state index in [1.807, 2.05) is 0 Å². The molecule has 0 fully saturated rings. The lowest BCUT2D eigenvalue weighted by atomic mass is 10.3. The number of sulfonamides is 1. The highest BCUT2D eigenvalue weighted by Gasteiger charge is 2.21. The second-order valence-corrected chi connectivity index (χ2v) is 8.80. The van der Waals surface area contributed by atoms with E-state index in [-0.39, 0.29) is 10.6 Å². The molecule has 0 aliphatic carbocycles. The van der Waals surface area contributed by atoms with Gasteiger partial charge in [-0.05, 0) is 42.5 Å². The zero-order valence-corrected chi connectivity index (χ0v) is 16.1. The third kappa shape index (κ3) is 4.17. The minimum atomic E-state index is -3.75. The van der Waals surface area contributed by atoms with Crippen LogP contribution in [0.25, 0.3) is 10.2 Å². The summed E-state index contributed by atoms with van der Waals surface area (Å²) in [7, 11) is -2.09. The molecule has 1 amide bonds. The van der Waals surface area contributed by atoms with E-state index in [0.29, 0.717) is 10.4 Å². The average Bonchev–Trinajstić information content (AvgIpc) is 2.86. The van der Waals surface area contributed by atoms with Crippen molar-refractivity contribution >= 4 is 48.9 Å². The van der Waals surface area contributed by atoms with Crippen LogP contribution in [0, 0.1) is 5.82 Å². The van der Waals surface area contributed by atoms with Gasteiger partial charge in [-0.15, -0.1) is 0 Å². The van der Waals surface area contributed by atoms with Crippen molar-refractivity contribution < 1.29 is 17.6 Å². The fourth-order valence-electron chi connectivity index (χ4n) is 2.55. The van der Waals surface area contributed by atoms with Gasteiger partial charge in [0.1, 0.15) is 12.4 Å². The van der Waals surface area contributed by atoms with E-state index in [1.165, 1.54) is 16.7 Å². The number of hydrogen-bond acceptors (Lipinski definition) is 5. The maximum Gasteiger partial charge on any atom is 0.307 e. The lowest BCUT2D eigenvalue weighted by Gasteiger charge is -2.21. The molecule has 1 aromatic heterocycles. The zero-order valence-electron chi connectivity index (χ0n) is 14.5. The Kier molecular flexibility index (Phi) is 5.03. The first-order valence-corrected chi connectivity index (χ1v) is 10.4. The van der Waals surface area contributed by atoms with Gasteiger partial charge >= 0.3 is 4.87 Å². The maximum atomic E-state index is 13.1. The van der Waals surface area contributed by atoms with Crippen LogP contribution in [0.2, 0.25) is 0 Å².